The number of nitrogens with zero attached hydrogens (tertiary/aromatic N) is 2. The molecule has 0 aliphatic carbocycles. The molecule has 1 aliphatic rings. The highest BCUT2D eigenvalue weighted by Crippen LogP contribution is 2.44. The Bertz CT molecular complexity index is 655. The van der Waals surface area contributed by atoms with Crippen LogP contribution in [-0.2, 0) is 0 Å². The number of benzene rings is 1. The Morgan fingerprint density at radius 1 is 1.47 bits per heavy atom. The van der Waals surface area contributed by atoms with Gasteiger partial charge in [0.2, 0.25) is 0 Å². The molecule has 0 fully saturated rings. The number of carbonyl (C=O) groups excluding carboxylic acids is 1. The van der Waals surface area contributed by atoms with Gasteiger partial charge in [-0.3, -0.25) is 4.79 Å². The first-order valence-electron chi connectivity index (χ1n) is 5.45. The highest BCUT2D eigenvalue weighted by atomic mass is 79.9. The number of phenolic OH excluding ortho intramolecular Hbond substituents is 1. The number of halogens is 2. The van der Waals surface area contributed by atoms with Crippen molar-refractivity contribution in [2.24, 2.45) is 0 Å². The second kappa shape index (κ2) is 4.64. The lowest BCUT2D eigenvalue weighted by atomic mass is 10.0. The van der Waals surface area contributed by atoms with Gasteiger partial charge in [0.25, 0.3) is 0 Å². The standard InChI is InChI=1S/C12H8Br2N2O3/c13-6-3-8(17)10(14)9-11(18)7(4-19-12(6)9)16-2-1-15-5-16/h1-3,5,7,17H,4H2. The molecule has 1 aromatic carbocycles. The highest BCUT2D eigenvalue weighted by Gasteiger charge is 2.34. The lowest BCUT2D eigenvalue weighted by Gasteiger charge is -2.26. The minimum atomic E-state index is -0.472. The largest absolute Gasteiger partial charge is 0.507 e. The Morgan fingerprint density at radius 3 is 2.95 bits per heavy atom. The van der Waals surface area contributed by atoms with E-state index in [4.69, 9.17) is 4.74 Å². The lowest BCUT2D eigenvalue weighted by molar-refractivity contribution is 0.0838. The molecule has 3 rings (SSSR count). The van der Waals surface area contributed by atoms with E-state index in [1.807, 2.05) is 0 Å². The summed E-state index contributed by atoms with van der Waals surface area (Å²) in [5.74, 6) is 0.322. The molecule has 0 saturated carbocycles. The van der Waals surface area contributed by atoms with Crippen molar-refractivity contribution in [3.8, 4) is 11.5 Å². The first-order chi connectivity index (χ1) is 9.09. The number of ketones is 1. The molecule has 0 radical (unpaired) electrons. The number of hydrogen-bond donors (Lipinski definition) is 1. The summed E-state index contributed by atoms with van der Waals surface area (Å²) >= 11 is 6.52. The number of ether oxygens (including phenoxy) is 1. The van der Waals surface area contributed by atoms with E-state index in [2.05, 4.69) is 36.8 Å². The zero-order valence-electron chi connectivity index (χ0n) is 9.51. The molecular formula is C12H8Br2N2O3. The van der Waals surface area contributed by atoms with Crippen LogP contribution in [0.5, 0.6) is 11.5 Å². The molecule has 19 heavy (non-hydrogen) atoms. The Morgan fingerprint density at radius 2 is 2.26 bits per heavy atom. The quantitative estimate of drug-likeness (QED) is 0.817. The van der Waals surface area contributed by atoms with E-state index in [1.165, 1.54) is 6.07 Å². The molecule has 7 heteroatoms. The van der Waals surface area contributed by atoms with E-state index in [0.717, 1.165) is 0 Å². The van der Waals surface area contributed by atoms with Gasteiger partial charge in [-0.05, 0) is 37.9 Å². The van der Waals surface area contributed by atoms with E-state index in [9.17, 15) is 9.90 Å². The molecule has 0 spiro atoms. The van der Waals surface area contributed by atoms with Gasteiger partial charge in [0.05, 0.1) is 20.8 Å². The molecule has 2 aromatic rings. The third-order valence-corrected chi connectivity index (χ3v) is 4.36. The third-order valence-electron chi connectivity index (χ3n) is 2.97. The van der Waals surface area contributed by atoms with Crippen LogP contribution in [0.2, 0.25) is 0 Å². The maximum absolute atomic E-state index is 12.5. The fraction of sp³-hybridized carbons (Fsp3) is 0.167. The zero-order valence-corrected chi connectivity index (χ0v) is 12.7. The van der Waals surface area contributed by atoms with Gasteiger partial charge in [0.15, 0.2) is 5.78 Å². The number of phenols is 1. The monoisotopic (exact) mass is 386 g/mol. The summed E-state index contributed by atoms with van der Waals surface area (Å²) in [6, 6.07) is 1.02. The molecule has 1 aliphatic heterocycles. The maximum atomic E-state index is 12.5. The fourth-order valence-corrected chi connectivity index (χ4v) is 3.06. The van der Waals surface area contributed by atoms with Gasteiger partial charge in [-0.15, -0.1) is 0 Å². The molecule has 1 atom stereocenters. The Balaban J connectivity index is 2.13. The van der Waals surface area contributed by atoms with E-state index in [0.29, 0.717) is 20.3 Å². The van der Waals surface area contributed by atoms with Crippen LogP contribution in [0.4, 0.5) is 0 Å². The number of imidazole rings is 1. The second-order valence-corrected chi connectivity index (χ2v) is 5.74. The molecule has 0 saturated heterocycles. The van der Waals surface area contributed by atoms with Gasteiger partial charge in [-0.25, -0.2) is 4.98 Å². The fourth-order valence-electron chi connectivity index (χ4n) is 2.04. The molecule has 5 nitrogen and oxygen atoms in total. The van der Waals surface area contributed by atoms with Crippen LogP contribution in [0, 0.1) is 0 Å². The summed E-state index contributed by atoms with van der Waals surface area (Å²) in [5.41, 5.74) is 0.344. The SMILES string of the molecule is O=C1c2c(Br)c(O)cc(Br)c2OCC1n1ccnc1. The summed E-state index contributed by atoms with van der Waals surface area (Å²) in [7, 11) is 0. The number of carbonyl (C=O) groups is 1. The van der Waals surface area contributed by atoms with E-state index < -0.39 is 6.04 Å². The van der Waals surface area contributed by atoms with Crippen LogP contribution in [0.3, 0.4) is 0 Å². The topological polar surface area (TPSA) is 64.3 Å². The number of aromatic hydroxyl groups is 1. The van der Waals surface area contributed by atoms with Crippen molar-refractivity contribution in [1.82, 2.24) is 9.55 Å². The predicted octanol–water partition coefficient (Wildman–Crippen LogP) is 2.93. The van der Waals surface area contributed by atoms with Crippen LogP contribution in [0.1, 0.15) is 16.4 Å². The molecule has 1 aromatic heterocycles. The van der Waals surface area contributed by atoms with E-state index in [1.54, 1.807) is 23.3 Å². The smallest absolute Gasteiger partial charge is 0.194 e. The minimum Gasteiger partial charge on any atom is -0.507 e. The molecule has 98 valence electrons. The van der Waals surface area contributed by atoms with Gasteiger partial charge in [-0.2, -0.15) is 0 Å². The van der Waals surface area contributed by atoms with Gasteiger partial charge in [-0.1, -0.05) is 0 Å². The predicted molar refractivity (Wildman–Crippen MR) is 74.6 cm³/mol. The van der Waals surface area contributed by atoms with Gasteiger partial charge < -0.3 is 14.4 Å². The molecular weight excluding hydrogens is 380 g/mol. The van der Waals surface area contributed by atoms with E-state index >= 15 is 0 Å². The first kappa shape index (κ1) is 12.7. The average Bonchev–Trinajstić information content (AvgIpc) is 2.89. The van der Waals surface area contributed by atoms with Crippen molar-refractivity contribution in [1.29, 1.82) is 0 Å². The minimum absolute atomic E-state index is 0.00569. The van der Waals surface area contributed by atoms with Crippen molar-refractivity contribution in [3.05, 3.63) is 39.3 Å². The first-order valence-corrected chi connectivity index (χ1v) is 7.03. The van der Waals surface area contributed by atoms with Crippen LogP contribution >= 0.6 is 31.9 Å². The van der Waals surface area contributed by atoms with E-state index in [-0.39, 0.29) is 18.1 Å². The molecule has 0 bridgehead atoms. The Hall–Kier alpha value is -1.34. The summed E-state index contributed by atoms with van der Waals surface area (Å²) in [6.45, 7) is 0.234. The van der Waals surface area contributed by atoms with Gasteiger partial charge >= 0.3 is 0 Å². The summed E-state index contributed by atoms with van der Waals surface area (Å²) in [4.78, 5) is 16.5. The summed E-state index contributed by atoms with van der Waals surface area (Å²) < 4.78 is 8.23. The third kappa shape index (κ3) is 1.97. The second-order valence-electron chi connectivity index (χ2n) is 4.10. The van der Waals surface area contributed by atoms with Crippen molar-refractivity contribution < 1.29 is 14.6 Å². The van der Waals surface area contributed by atoms with Crippen molar-refractivity contribution in [2.45, 2.75) is 6.04 Å². The highest BCUT2D eigenvalue weighted by molar-refractivity contribution is 9.11. The molecule has 1 N–H and O–H groups in total. The molecule has 2 heterocycles. The summed E-state index contributed by atoms with van der Waals surface area (Å²) in [5, 5.41) is 9.79. The maximum Gasteiger partial charge on any atom is 0.194 e. The number of fused-ring (bicyclic) bond motifs is 1. The van der Waals surface area contributed by atoms with Crippen molar-refractivity contribution in [2.75, 3.05) is 6.61 Å². The lowest BCUT2D eigenvalue weighted by Crippen LogP contribution is -2.30. The zero-order chi connectivity index (χ0) is 13.6. The van der Waals surface area contributed by atoms with Gasteiger partial charge in [0.1, 0.15) is 24.1 Å². The normalized spacial score (nSPS) is 18.0. The molecule has 1 unspecified atom stereocenters. The number of hydrogen-bond acceptors (Lipinski definition) is 4. The van der Waals surface area contributed by atoms with Crippen molar-refractivity contribution >= 4 is 37.6 Å². The number of rotatable bonds is 1. The number of aromatic nitrogens is 2. The Labute approximate surface area is 125 Å². The van der Waals surface area contributed by atoms with Crippen LogP contribution in [0.15, 0.2) is 33.7 Å². The summed E-state index contributed by atoms with van der Waals surface area (Å²) in [6.07, 6.45) is 4.89. The number of Topliss-reactive ketones (excluding diaryl/α,β-unsaturated/α-hetero) is 1. The molecule has 0 amide bonds. The average molecular weight is 388 g/mol. The van der Waals surface area contributed by atoms with Crippen molar-refractivity contribution in [3.63, 3.8) is 0 Å². The Kier molecular flexibility index (Phi) is 3.10. The van der Waals surface area contributed by atoms with Crippen LogP contribution in [-0.4, -0.2) is 27.0 Å². The van der Waals surface area contributed by atoms with Crippen LogP contribution < -0.4 is 4.74 Å². The van der Waals surface area contributed by atoms with Gasteiger partial charge in [0, 0.05) is 12.4 Å². The van der Waals surface area contributed by atoms with Crippen LogP contribution in [0.25, 0.3) is 0 Å².